The zero-order valence-electron chi connectivity index (χ0n) is 17.0. The van der Waals surface area contributed by atoms with Gasteiger partial charge in [0.2, 0.25) is 5.91 Å². The summed E-state index contributed by atoms with van der Waals surface area (Å²) in [6.45, 7) is 2.16. The molecule has 0 radical (unpaired) electrons. The Bertz CT molecular complexity index is 1360. The van der Waals surface area contributed by atoms with Crippen LogP contribution >= 0.6 is 0 Å². The van der Waals surface area contributed by atoms with Gasteiger partial charge in [-0.1, -0.05) is 36.4 Å². The Labute approximate surface area is 179 Å². The smallest absolute Gasteiger partial charge is 0.228 e. The molecular weight excluding hydrogens is 386 g/mol. The van der Waals surface area contributed by atoms with E-state index in [2.05, 4.69) is 38.9 Å². The normalized spacial score (nSPS) is 18.2. The van der Waals surface area contributed by atoms with Crippen molar-refractivity contribution in [3.63, 3.8) is 0 Å². The summed E-state index contributed by atoms with van der Waals surface area (Å²) in [4.78, 5) is 24.1. The maximum absolute atomic E-state index is 11.9. The molecule has 1 saturated carbocycles. The van der Waals surface area contributed by atoms with E-state index in [1.165, 1.54) is 12.8 Å². The van der Waals surface area contributed by atoms with Gasteiger partial charge in [0.25, 0.3) is 0 Å². The van der Waals surface area contributed by atoms with Gasteiger partial charge in [0.05, 0.1) is 17.8 Å². The average molecular weight is 407 g/mol. The topological polar surface area (TPSA) is 62.5 Å². The van der Waals surface area contributed by atoms with E-state index in [-0.39, 0.29) is 5.91 Å². The van der Waals surface area contributed by atoms with Crippen molar-refractivity contribution in [2.75, 3.05) is 23.3 Å². The van der Waals surface area contributed by atoms with Gasteiger partial charge in [-0.3, -0.25) is 9.20 Å². The molecule has 1 amide bonds. The van der Waals surface area contributed by atoms with E-state index in [0.717, 1.165) is 58.3 Å². The highest BCUT2D eigenvalue weighted by Gasteiger charge is 2.53. The van der Waals surface area contributed by atoms with Gasteiger partial charge in [-0.15, -0.1) is 0 Å². The summed E-state index contributed by atoms with van der Waals surface area (Å²) in [7, 11) is 0. The molecule has 6 heteroatoms. The number of rotatable bonds is 3. The lowest BCUT2D eigenvalue weighted by Gasteiger charge is -2.40. The molecule has 0 atom stereocenters. The molecule has 152 valence electrons. The van der Waals surface area contributed by atoms with Crippen LogP contribution in [0.15, 0.2) is 60.9 Å². The van der Waals surface area contributed by atoms with Crippen LogP contribution in [0.25, 0.3) is 28.2 Å². The van der Waals surface area contributed by atoms with E-state index in [0.29, 0.717) is 11.8 Å². The van der Waals surface area contributed by atoms with Crippen LogP contribution in [-0.2, 0) is 11.2 Å². The lowest BCUT2D eigenvalue weighted by Crippen LogP contribution is -2.49. The van der Waals surface area contributed by atoms with Crippen molar-refractivity contribution in [2.45, 2.75) is 19.3 Å². The van der Waals surface area contributed by atoms with Crippen LogP contribution in [0.2, 0.25) is 0 Å². The highest BCUT2D eigenvalue weighted by Crippen LogP contribution is 2.54. The van der Waals surface area contributed by atoms with Crippen molar-refractivity contribution >= 4 is 23.1 Å². The van der Waals surface area contributed by atoms with Crippen molar-refractivity contribution in [2.24, 2.45) is 5.41 Å². The van der Waals surface area contributed by atoms with Crippen molar-refractivity contribution in [3.8, 4) is 22.5 Å². The number of imidazole rings is 1. The van der Waals surface area contributed by atoms with E-state index in [1.807, 2.05) is 36.7 Å². The Hall–Kier alpha value is -3.67. The molecule has 2 aliphatic heterocycles. The molecule has 0 unspecified atom stereocenters. The molecule has 0 bridgehead atoms. The Morgan fingerprint density at radius 2 is 1.84 bits per heavy atom. The Balaban J connectivity index is 1.44. The van der Waals surface area contributed by atoms with Crippen molar-refractivity contribution in [3.05, 3.63) is 66.5 Å². The highest BCUT2D eigenvalue weighted by atomic mass is 16.1. The SMILES string of the molecule is O=C1Cc2cc(-c3c(-c4ccccc4)nc4c(N5CC6(CC6)C5)nccn34)ccc2N1. The standard InChI is InChI=1S/C25H21N5O/c31-20-13-18-12-17(6-7-19(18)27-20)22-21(16-4-2-1-3-5-16)28-24-23(26-10-11-30(22)24)29-14-25(15-29)8-9-25/h1-7,10-12H,8-9,13-15H2,(H,27,31). The van der Waals surface area contributed by atoms with Crippen LogP contribution in [0.4, 0.5) is 11.5 Å². The number of carbonyl (C=O) groups is 1. The number of aromatic nitrogens is 3. The minimum Gasteiger partial charge on any atom is -0.352 e. The fraction of sp³-hybridized carbons (Fsp3) is 0.240. The van der Waals surface area contributed by atoms with Gasteiger partial charge in [-0.2, -0.15) is 0 Å². The summed E-state index contributed by atoms with van der Waals surface area (Å²) in [5.74, 6) is 1.01. The highest BCUT2D eigenvalue weighted by molar-refractivity contribution is 6.00. The molecule has 4 heterocycles. The molecule has 1 aliphatic carbocycles. The predicted octanol–water partition coefficient (Wildman–Crippen LogP) is 4.16. The molecule has 1 saturated heterocycles. The molecule has 6 nitrogen and oxygen atoms in total. The van der Waals surface area contributed by atoms with E-state index in [9.17, 15) is 4.79 Å². The van der Waals surface area contributed by atoms with E-state index >= 15 is 0 Å². The van der Waals surface area contributed by atoms with E-state index in [1.54, 1.807) is 0 Å². The lowest BCUT2D eigenvalue weighted by molar-refractivity contribution is -0.115. The van der Waals surface area contributed by atoms with Crippen molar-refractivity contribution in [1.82, 2.24) is 14.4 Å². The molecule has 31 heavy (non-hydrogen) atoms. The fourth-order valence-corrected chi connectivity index (χ4v) is 5.04. The van der Waals surface area contributed by atoms with Gasteiger partial charge in [0.1, 0.15) is 0 Å². The first-order valence-electron chi connectivity index (χ1n) is 10.8. The van der Waals surface area contributed by atoms with Crippen LogP contribution in [0.5, 0.6) is 0 Å². The number of benzene rings is 2. The predicted molar refractivity (Wildman–Crippen MR) is 120 cm³/mol. The Morgan fingerprint density at radius 1 is 1.00 bits per heavy atom. The first-order valence-corrected chi connectivity index (χ1v) is 10.8. The summed E-state index contributed by atoms with van der Waals surface area (Å²) in [6.07, 6.45) is 6.96. The van der Waals surface area contributed by atoms with Crippen LogP contribution in [0, 0.1) is 5.41 Å². The van der Waals surface area contributed by atoms with E-state index in [4.69, 9.17) is 9.97 Å². The Kier molecular flexibility index (Phi) is 3.27. The van der Waals surface area contributed by atoms with E-state index < -0.39 is 0 Å². The van der Waals surface area contributed by atoms with Crippen molar-refractivity contribution < 1.29 is 4.79 Å². The third kappa shape index (κ3) is 2.54. The second-order valence-electron chi connectivity index (χ2n) is 9.07. The summed E-state index contributed by atoms with van der Waals surface area (Å²) in [6, 6.07) is 16.5. The molecule has 1 spiro atoms. The summed E-state index contributed by atoms with van der Waals surface area (Å²) in [5.41, 5.74) is 7.48. The van der Waals surface area contributed by atoms with Gasteiger partial charge < -0.3 is 10.2 Å². The molecule has 2 aromatic heterocycles. The largest absolute Gasteiger partial charge is 0.352 e. The number of hydrogen-bond acceptors (Lipinski definition) is 4. The Morgan fingerprint density at radius 3 is 2.65 bits per heavy atom. The first-order chi connectivity index (χ1) is 15.2. The van der Waals surface area contributed by atoms with Crippen LogP contribution < -0.4 is 10.2 Å². The molecule has 4 aromatic rings. The van der Waals surface area contributed by atoms with Crippen LogP contribution in [-0.4, -0.2) is 33.4 Å². The number of nitrogens with one attached hydrogen (secondary N) is 1. The number of anilines is 2. The monoisotopic (exact) mass is 407 g/mol. The second kappa shape index (κ2) is 5.94. The lowest BCUT2D eigenvalue weighted by atomic mass is 9.97. The molecule has 2 aromatic carbocycles. The number of nitrogens with zero attached hydrogens (tertiary/aromatic N) is 4. The average Bonchev–Trinajstić information content (AvgIpc) is 3.34. The maximum Gasteiger partial charge on any atom is 0.228 e. The first kappa shape index (κ1) is 17.1. The quantitative estimate of drug-likeness (QED) is 0.554. The summed E-state index contributed by atoms with van der Waals surface area (Å²) >= 11 is 0. The number of carbonyl (C=O) groups excluding carboxylic acids is 1. The second-order valence-corrected chi connectivity index (χ2v) is 9.07. The van der Waals surface area contributed by atoms with Gasteiger partial charge in [-0.25, -0.2) is 9.97 Å². The molecule has 3 aliphatic rings. The molecule has 7 rings (SSSR count). The van der Waals surface area contributed by atoms with Gasteiger partial charge >= 0.3 is 0 Å². The molecule has 2 fully saturated rings. The molecule has 1 N–H and O–H groups in total. The zero-order valence-corrected chi connectivity index (χ0v) is 17.0. The summed E-state index contributed by atoms with van der Waals surface area (Å²) in [5, 5.41) is 2.93. The number of hydrogen-bond donors (Lipinski definition) is 1. The minimum atomic E-state index is 0.0480. The van der Waals surface area contributed by atoms with Crippen LogP contribution in [0.3, 0.4) is 0 Å². The third-order valence-corrected chi connectivity index (χ3v) is 6.88. The maximum atomic E-state index is 11.9. The molecular formula is C25H21N5O. The van der Waals surface area contributed by atoms with Gasteiger partial charge in [0.15, 0.2) is 11.5 Å². The zero-order chi connectivity index (χ0) is 20.6. The van der Waals surface area contributed by atoms with Gasteiger partial charge in [-0.05, 0) is 30.5 Å². The fourth-order valence-electron chi connectivity index (χ4n) is 5.04. The number of amides is 1. The van der Waals surface area contributed by atoms with Gasteiger partial charge in [0, 0.05) is 47.7 Å². The minimum absolute atomic E-state index is 0.0480. The number of fused-ring (bicyclic) bond motifs is 2. The summed E-state index contributed by atoms with van der Waals surface area (Å²) < 4.78 is 2.16. The third-order valence-electron chi connectivity index (χ3n) is 6.88. The van der Waals surface area contributed by atoms with Crippen LogP contribution in [0.1, 0.15) is 18.4 Å². The van der Waals surface area contributed by atoms with Crippen molar-refractivity contribution in [1.29, 1.82) is 0 Å².